The highest BCUT2D eigenvalue weighted by atomic mass is 16.5. The molecule has 0 aliphatic heterocycles. The Kier molecular flexibility index (Phi) is 4.00. The van der Waals surface area contributed by atoms with Gasteiger partial charge in [0.2, 0.25) is 0 Å². The van der Waals surface area contributed by atoms with Crippen LogP contribution in [0.3, 0.4) is 0 Å². The number of rotatable bonds is 2. The van der Waals surface area contributed by atoms with Gasteiger partial charge in [0.1, 0.15) is 0 Å². The zero-order chi connectivity index (χ0) is 9.68. The lowest BCUT2D eigenvalue weighted by atomic mass is 9.91. The average Bonchev–Trinajstić information content (AvgIpc) is 2.18. The standard InChI is InChI=1S/C11H18O2/c1-3-13-11(12)9(2)10-7-5-4-6-8-10/h3-8H2,1-2H3. The molecule has 1 fully saturated rings. The van der Waals surface area contributed by atoms with Gasteiger partial charge in [-0.1, -0.05) is 12.0 Å². The van der Waals surface area contributed by atoms with Crippen molar-refractivity contribution < 1.29 is 9.53 Å². The van der Waals surface area contributed by atoms with E-state index in [-0.39, 0.29) is 5.97 Å². The fourth-order valence-electron chi connectivity index (χ4n) is 1.74. The zero-order valence-corrected chi connectivity index (χ0v) is 8.56. The van der Waals surface area contributed by atoms with E-state index in [1.54, 1.807) is 0 Å². The van der Waals surface area contributed by atoms with Crippen LogP contribution in [0.25, 0.3) is 0 Å². The summed E-state index contributed by atoms with van der Waals surface area (Å²) in [6, 6.07) is 0. The summed E-state index contributed by atoms with van der Waals surface area (Å²) in [5.74, 6) is -0.126. The third kappa shape index (κ3) is 2.87. The molecule has 1 aliphatic rings. The van der Waals surface area contributed by atoms with Gasteiger partial charge in [0.05, 0.1) is 6.61 Å². The molecule has 0 spiro atoms. The smallest absolute Gasteiger partial charge is 0.333 e. The van der Waals surface area contributed by atoms with Crippen molar-refractivity contribution in [3.05, 3.63) is 11.1 Å². The lowest BCUT2D eigenvalue weighted by Gasteiger charge is -2.16. The van der Waals surface area contributed by atoms with E-state index in [1.807, 2.05) is 13.8 Å². The van der Waals surface area contributed by atoms with E-state index < -0.39 is 0 Å². The molecule has 1 rings (SSSR count). The topological polar surface area (TPSA) is 26.3 Å². The van der Waals surface area contributed by atoms with Gasteiger partial charge in [-0.25, -0.2) is 4.79 Å². The molecule has 0 aromatic heterocycles. The highest BCUT2D eigenvalue weighted by molar-refractivity contribution is 5.88. The lowest BCUT2D eigenvalue weighted by Crippen LogP contribution is -2.09. The summed E-state index contributed by atoms with van der Waals surface area (Å²) in [6.07, 6.45) is 5.94. The number of hydrogen-bond acceptors (Lipinski definition) is 2. The Morgan fingerprint density at radius 1 is 1.31 bits per heavy atom. The molecule has 0 saturated heterocycles. The molecule has 1 aliphatic carbocycles. The van der Waals surface area contributed by atoms with Crippen LogP contribution in [-0.2, 0) is 9.53 Å². The van der Waals surface area contributed by atoms with Crippen LogP contribution in [0.1, 0.15) is 46.0 Å². The summed E-state index contributed by atoms with van der Waals surface area (Å²) in [6.45, 7) is 4.21. The van der Waals surface area contributed by atoms with Gasteiger partial charge < -0.3 is 4.74 Å². The van der Waals surface area contributed by atoms with Gasteiger partial charge in [0, 0.05) is 5.57 Å². The number of ether oxygens (including phenoxy) is 1. The second-order valence-corrected chi connectivity index (χ2v) is 3.51. The number of allylic oxidation sites excluding steroid dienone is 1. The van der Waals surface area contributed by atoms with Crippen LogP contribution in [0.4, 0.5) is 0 Å². The number of hydrogen-bond donors (Lipinski definition) is 0. The van der Waals surface area contributed by atoms with E-state index in [4.69, 9.17) is 4.74 Å². The first-order chi connectivity index (χ1) is 6.25. The third-order valence-electron chi connectivity index (χ3n) is 2.57. The summed E-state index contributed by atoms with van der Waals surface area (Å²) in [5.41, 5.74) is 2.16. The number of esters is 1. The second-order valence-electron chi connectivity index (χ2n) is 3.51. The molecule has 0 bridgehead atoms. The maximum Gasteiger partial charge on any atom is 0.333 e. The summed E-state index contributed by atoms with van der Waals surface area (Å²) in [4.78, 5) is 11.4. The molecule has 0 heterocycles. The summed E-state index contributed by atoms with van der Waals surface area (Å²) < 4.78 is 4.96. The highest BCUT2D eigenvalue weighted by Crippen LogP contribution is 2.25. The second kappa shape index (κ2) is 5.05. The first-order valence-corrected chi connectivity index (χ1v) is 5.11. The SMILES string of the molecule is CCOC(=O)C(C)=C1CCCCC1. The molecule has 0 amide bonds. The van der Waals surface area contributed by atoms with Gasteiger partial charge in [-0.2, -0.15) is 0 Å². The molecular formula is C11H18O2. The van der Waals surface area contributed by atoms with E-state index in [2.05, 4.69) is 0 Å². The first-order valence-electron chi connectivity index (χ1n) is 5.11. The van der Waals surface area contributed by atoms with Crippen molar-refractivity contribution in [1.29, 1.82) is 0 Å². The van der Waals surface area contributed by atoms with Crippen molar-refractivity contribution in [2.24, 2.45) is 0 Å². The summed E-state index contributed by atoms with van der Waals surface area (Å²) in [5, 5.41) is 0. The molecule has 0 atom stereocenters. The monoisotopic (exact) mass is 182 g/mol. The maximum atomic E-state index is 11.4. The molecule has 2 heteroatoms. The summed E-state index contributed by atoms with van der Waals surface area (Å²) in [7, 11) is 0. The predicted octanol–water partition coefficient (Wildman–Crippen LogP) is 2.83. The quantitative estimate of drug-likeness (QED) is 0.485. The Labute approximate surface area is 80.0 Å². The van der Waals surface area contributed by atoms with E-state index in [9.17, 15) is 4.79 Å². The Balaban J connectivity index is 2.60. The molecule has 2 nitrogen and oxygen atoms in total. The normalized spacial score (nSPS) is 16.9. The largest absolute Gasteiger partial charge is 0.463 e. The van der Waals surface area contributed by atoms with E-state index in [1.165, 1.54) is 24.8 Å². The average molecular weight is 182 g/mol. The van der Waals surface area contributed by atoms with Crippen LogP contribution < -0.4 is 0 Å². The first kappa shape index (κ1) is 10.3. The summed E-state index contributed by atoms with van der Waals surface area (Å²) >= 11 is 0. The van der Waals surface area contributed by atoms with E-state index in [0.29, 0.717) is 6.61 Å². The molecule has 0 radical (unpaired) electrons. The molecule has 1 saturated carbocycles. The van der Waals surface area contributed by atoms with Crippen LogP contribution in [-0.4, -0.2) is 12.6 Å². The van der Waals surface area contributed by atoms with Crippen molar-refractivity contribution in [2.75, 3.05) is 6.61 Å². The maximum absolute atomic E-state index is 11.4. The van der Waals surface area contributed by atoms with Gasteiger partial charge in [-0.3, -0.25) is 0 Å². The van der Waals surface area contributed by atoms with Crippen molar-refractivity contribution in [2.45, 2.75) is 46.0 Å². The predicted molar refractivity (Wildman–Crippen MR) is 52.4 cm³/mol. The minimum absolute atomic E-state index is 0.126. The van der Waals surface area contributed by atoms with Crippen molar-refractivity contribution in [3.8, 4) is 0 Å². The van der Waals surface area contributed by atoms with E-state index in [0.717, 1.165) is 18.4 Å². The van der Waals surface area contributed by atoms with Crippen LogP contribution in [0.15, 0.2) is 11.1 Å². The molecule has 13 heavy (non-hydrogen) atoms. The van der Waals surface area contributed by atoms with Crippen molar-refractivity contribution in [3.63, 3.8) is 0 Å². The van der Waals surface area contributed by atoms with Gasteiger partial charge in [0.15, 0.2) is 0 Å². The molecule has 74 valence electrons. The molecular weight excluding hydrogens is 164 g/mol. The van der Waals surface area contributed by atoms with Crippen LogP contribution in [0, 0.1) is 0 Å². The Morgan fingerprint density at radius 2 is 1.92 bits per heavy atom. The minimum atomic E-state index is -0.126. The van der Waals surface area contributed by atoms with Gasteiger partial charge >= 0.3 is 5.97 Å². The van der Waals surface area contributed by atoms with Crippen molar-refractivity contribution in [1.82, 2.24) is 0 Å². The molecule has 0 aromatic rings. The van der Waals surface area contributed by atoms with Crippen LogP contribution in [0.2, 0.25) is 0 Å². The van der Waals surface area contributed by atoms with Gasteiger partial charge in [0.25, 0.3) is 0 Å². The van der Waals surface area contributed by atoms with Crippen LogP contribution in [0.5, 0.6) is 0 Å². The molecule has 0 unspecified atom stereocenters. The fourth-order valence-corrected chi connectivity index (χ4v) is 1.74. The Hall–Kier alpha value is -0.790. The zero-order valence-electron chi connectivity index (χ0n) is 8.56. The van der Waals surface area contributed by atoms with Gasteiger partial charge in [-0.05, 0) is 39.5 Å². The Bertz CT molecular complexity index is 208. The van der Waals surface area contributed by atoms with Crippen molar-refractivity contribution >= 4 is 5.97 Å². The highest BCUT2D eigenvalue weighted by Gasteiger charge is 2.13. The van der Waals surface area contributed by atoms with Crippen LogP contribution >= 0.6 is 0 Å². The minimum Gasteiger partial charge on any atom is -0.463 e. The molecule has 0 N–H and O–H groups in total. The number of carbonyl (C=O) groups excluding carboxylic acids is 1. The van der Waals surface area contributed by atoms with E-state index >= 15 is 0 Å². The lowest BCUT2D eigenvalue weighted by molar-refractivity contribution is -0.138. The van der Waals surface area contributed by atoms with Gasteiger partial charge in [-0.15, -0.1) is 0 Å². The molecule has 0 aromatic carbocycles. The Morgan fingerprint density at radius 3 is 2.46 bits per heavy atom. The fraction of sp³-hybridized carbons (Fsp3) is 0.727. The third-order valence-corrected chi connectivity index (χ3v) is 2.57. The number of carbonyl (C=O) groups is 1.